The van der Waals surface area contributed by atoms with E-state index in [4.69, 9.17) is 4.74 Å². The molecule has 34 heavy (non-hydrogen) atoms. The van der Waals surface area contributed by atoms with Gasteiger partial charge in [0.1, 0.15) is 5.75 Å². The van der Waals surface area contributed by atoms with E-state index in [2.05, 4.69) is 34.4 Å². The second-order valence-corrected chi connectivity index (χ2v) is 8.81. The van der Waals surface area contributed by atoms with Crippen molar-refractivity contribution in [3.63, 3.8) is 0 Å². The standard InChI is InChI=1S/C28H31N3O3/c1-6-18(3)31-19(4)27(22-10-9-20(15-24(22)31)21-8-7-13-29-16-21)25(32)12-11-23-26(34-5)14-17(2)30-28(23)33/h7-10,13-16,18H,6,11-12H2,1-5H3,(H,30,33). The van der Waals surface area contributed by atoms with E-state index in [1.807, 2.05) is 44.3 Å². The van der Waals surface area contributed by atoms with Crippen molar-refractivity contribution >= 4 is 16.7 Å². The topological polar surface area (TPSA) is 77.0 Å². The monoisotopic (exact) mass is 457 g/mol. The maximum Gasteiger partial charge on any atom is 0.255 e. The van der Waals surface area contributed by atoms with Gasteiger partial charge in [0, 0.05) is 58.3 Å². The molecule has 0 aliphatic carbocycles. The summed E-state index contributed by atoms with van der Waals surface area (Å²) >= 11 is 0. The first-order valence-corrected chi connectivity index (χ1v) is 11.7. The Kier molecular flexibility index (Phi) is 6.68. The van der Waals surface area contributed by atoms with Crippen LogP contribution < -0.4 is 10.3 Å². The number of pyridine rings is 2. The molecule has 4 rings (SSSR count). The maximum atomic E-state index is 13.5. The Morgan fingerprint density at radius 3 is 2.65 bits per heavy atom. The van der Waals surface area contributed by atoms with Gasteiger partial charge in [-0.05, 0) is 57.4 Å². The van der Waals surface area contributed by atoms with Gasteiger partial charge in [-0.25, -0.2) is 0 Å². The molecule has 1 atom stereocenters. The molecule has 0 aliphatic rings. The number of aromatic amines is 1. The number of aromatic nitrogens is 3. The van der Waals surface area contributed by atoms with E-state index in [9.17, 15) is 9.59 Å². The van der Waals surface area contributed by atoms with Gasteiger partial charge in [-0.2, -0.15) is 0 Å². The molecule has 0 amide bonds. The van der Waals surface area contributed by atoms with E-state index in [-0.39, 0.29) is 23.8 Å². The number of methoxy groups -OCH3 is 1. The highest BCUT2D eigenvalue weighted by Gasteiger charge is 2.23. The molecule has 1 unspecified atom stereocenters. The van der Waals surface area contributed by atoms with E-state index in [0.717, 1.165) is 45.4 Å². The van der Waals surface area contributed by atoms with Crippen molar-refractivity contribution in [2.45, 2.75) is 53.0 Å². The molecule has 3 aromatic heterocycles. The second kappa shape index (κ2) is 9.67. The zero-order valence-electron chi connectivity index (χ0n) is 20.4. The van der Waals surface area contributed by atoms with Crippen LogP contribution in [0.3, 0.4) is 0 Å². The number of Topliss-reactive ketones (excluding diaryl/α,β-unsaturated/α-hetero) is 1. The number of ether oxygens (including phenoxy) is 1. The predicted molar refractivity (Wildman–Crippen MR) is 136 cm³/mol. The quantitative estimate of drug-likeness (QED) is 0.339. The molecule has 6 nitrogen and oxygen atoms in total. The van der Waals surface area contributed by atoms with Gasteiger partial charge in [0.2, 0.25) is 0 Å². The van der Waals surface area contributed by atoms with E-state index >= 15 is 0 Å². The molecule has 0 radical (unpaired) electrons. The number of benzene rings is 1. The molecule has 0 saturated heterocycles. The van der Waals surface area contributed by atoms with Gasteiger partial charge in [0.15, 0.2) is 5.78 Å². The molecule has 176 valence electrons. The molecule has 0 bridgehead atoms. The van der Waals surface area contributed by atoms with Crippen molar-refractivity contribution in [2.24, 2.45) is 0 Å². The SMILES string of the molecule is CCC(C)n1c(C)c(C(=O)CCc2c(OC)cc(C)[nH]c2=O)c2ccc(-c3cccnc3)cc21. The number of rotatable bonds is 8. The highest BCUT2D eigenvalue weighted by atomic mass is 16.5. The lowest BCUT2D eigenvalue weighted by Gasteiger charge is -2.16. The minimum Gasteiger partial charge on any atom is -0.496 e. The zero-order valence-corrected chi connectivity index (χ0v) is 20.4. The van der Waals surface area contributed by atoms with Gasteiger partial charge in [-0.3, -0.25) is 14.6 Å². The summed E-state index contributed by atoms with van der Waals surface area (Å²) in [6.07, 6.45) is 5.11. The van der Waals surface area contributed by atoms with Gasteiger partial charge in [-0.1, -0.05) is 25.1 Å². The van der Waals surface area contributed by atoms with Crippen molar-refractivity contribution in [1.29, 1.82) is 0 Å². The van der Waals surface area contributed by atoms with E-state index in [0.29, 0.717) is 17.7 Å². The number of aryl methyl sites for hydroxylation is 1. The summed E-state index contributed by atoms with van der Waals surface area (Å²) in [5.74, 6) is 0.551. The summed E-state index contributed by atoms with van der Waals surface area (Å²) < 4.78 is 7.67. The fraction of sp³-hybridized carbons (Fsp3) is 0.321. The van der Waals surface area contributed by atoms with E-state index < -0.39 is 0 Å². The normalized spacial score (nSPS) is 12.1. The van der Waals surface area contributed by atoms with Crippen LogP contribution in [-0.4, -0.2) is 27.4 Å². The summed E-state index contributed by atoms with van der Waals surface area (Å²) in [7, 11) is 1.54. The first kappa shape index (κ1) is 23.5. The summed E-state index contributed by atoms with van der Waals surface area (Å²) in [4.78, 5) is 33.1. The van der Waals surface area contributed by atoms with Crippen molar-refractivity contribution in [3.05, 3.63) is 81.7 Å². The summed E-state index contributed by atoms with van der Waals surface area (Å²) in [6.45, 7) is 8.15. The Morgan fingerprint density at radius 2 is 1.97 bits per heavy atom. The number of nitrogens with one attached hydrogen (secondary N) is 1. The lowest BCUT2D eigenvalue weighted by Crippen LogP contribution is -2.17. The minimum atomic E-state index is -0.204. The van der Waals surface area contributed by atoms with Crippen LogP contribution in [0.1, 0.15) is 60.0 Å². The molecular formula is C28H31N3O3. The first-order valence-electron chi connectivity index (χ1n) is 11.7. The Labute approximate surface area is 199 Å². The van der Waals surface area contributed by atoms with E-state index in [1.54, 1.807) is 19.4 Å². The summed E-state index contributed by atoms with van der Waals surface area (Å²) in [5.41, 5.74) is 5.87. The molecule has 0 fully saturated rings. The molecule has 4 aromatic rings. The molecule has 3 heterocycles. The second-order valence-electron chi connectivity index (χ2n) is 8.81. The Bertz CT molecular complexity index is 1400. The van der Waals surface area contributed by atoms with Crippen LogP contribution in [0.15, 0.2) is 53.6 Å². The van der Waals surface area contributed by atoms with Crippen LogP contribution in [-0.2, 0) is 6.42 Å². The zero-order chi connectivity index (χ0) is 24.4. The predicted octanol–water partition coefficient (Wildman–Crippen LogP) is 5.80. The van der Waals surface area contributed by atoms with Gasteiger partial charge >= 0.3 is 0 Å². The van der Waals surface area contributed by atoms with Gasteiger partial charge < -0.3 is 14.3 Å². The van der Waals surface area contributed by atoms with Crippen molar-refractivity contribution in [2.75, 3.05) is 7.11 Å². The minimum absolute atomic E-state index is 0.0284. The highest BCUT2D eigenvalue weighted by Crippen LogP contribution is 2.34. The maximum absolute atomic E-state index is 13.5. The molecule has 0 aliphatic heterocycles. The molecular weight excluding hydrogens is 426 g/mol. The fourth-order valence-corrected chi connectivity index (χ4v) is 4.72. The Balaban J connectivity index is 1.76. The first-order chi connectivity index (χ1) is 16.3. The third-order valence-corrected chi connectivity index (χ3v) is 6.61. The summed E-state index contributed by atoms with van der Waals surface area (Å²) in [5, 5.41) is 0.945. The molecule has 1 aromatic carbocycles. The molecule has 1 N–H and O–H groups in total. The number of ketones is 1. The van der Waals surface area contributed by atoms with Gasteiger partial charge in [0.05, 0.1) is 12.7 Å². The van der Waals surface area contributed by atoms with Crippen molar-refractivity contribution < 1.29 is 9.53 Å². The van der Waals surface area contributed by atoms with Gasteiger partial charge in [0.25, 0.3) is 5.56 Å². The molecule has 0 spiro atoms. The van der Waals surface area contributed by atoms with Crippen LogP contribution in [0.5, 0.6) is 5.75 Å². The largest absolute Gasteiger partial charge is 0.496 e. The Hall–Kier alpha value is -3.67. The average molecular weight is 458 g/mol. The lowest BCUT2D eigenvalue weighted by molar-refractivity contribution is 0.0983. The molecule has 6 heteroatoms. The Morgan fingerprint density at radius 1 is 1.18 bits per heavy atom. The van der Waals surface area contributed by atoms with Gasteiger partial charge in [-0.15, -0.1) is 0 Å². The lowest BCUT2D eigenvalue weighted by atomic mass is 9.99. The number of hydrogen-bond donors (Lipinski definition) is 1. The van der Waals surface area contributed by atoms with E-state index in [1.165, 1.54) is 0 Å². The van der Waals surface area contributed by atoms with Crippen LogP contribution in [0.25, 0.3) is 22.0 Å². The average Bonchev–Trinajstić information content (AvgIpc) is 3.13. The fourth-order valence-electron chi connectivity index (χ4n) is 4.72. The number of hydrogen-bond acceptors (Lipinski definition) is 4. The summed E-state index contributed by atoms with van der Waals surface area (Å²) in [6, 6.07) is 12.2. The van der Waals surface area contributed by atoms with Crippen LogP contribution >= 0.6 is 0 Å². The number of carbonyl (C=O) groups excluding carboxylic acids is 1. The number of carbonyl (C=O) groups is 1. The number of nitrogens with zero attached hydrogens (tertiary/aromatic N) is 2. The van der Waals surface area contributed by atoms with Crippen LogP contribution in [0.4, 0.5) is 0 Å². The van der Waals surface area contributed by atoms with Crippen molar-refractivity contribution in [3.8, 4) is 16.9 Å². The van der Waals surface area contributed by atoms with Crippen LogP contribution in [0.2, 0.25) is 0 Å². The number of fused-ring (bicyclic) bond motifs is 1. The highest BCUT2D eigenvalue weighted by molar-refractivity contribution is 6.10. The molecule has 0 saturated carbocycles. The van der Waals surface area contributed by atoms with Crippen LogP contribution in [0, 0.1) is 13.8 Å². The third-order valence-electron chi connectivity index (χ3n) is 6.61. The third kappa shape index (κ3) is 4.28. The van der Waals surface area contributed by atoms with Crippen molar-refractivity contribution in [1.82, 2.24) is 14.5 Å². The number of H-pyrrole nitrogens is 1. The smallest absolute Gasteiger partial charge is 0.255 e.